The Hall–Kier alpha value is -2.27. The molecule has 0 saturated carbocycles. The van der Waals surface area contributed by atoms with Crippen LogP contribution in [-0.4, -0.2) is 23.7 Å². The summed E-state index contributed by atoms with van der Waals surface area (Å²) in [5, 5.41) is 14.7. The average molecular weight is 288 g/mol. The molecule has 2 aromatic rings. The molecule has 0 aliphatic heterocycles. The van der Waals surface area contributed by atoms with Crippen LogP contribution >= 0.6 is 0 Å². The second-order valence-corrected chi connectivity index (χ2v) is 4.95. The molecular formula is C16H20N2O3. The van der Waals surface area contributed by atoms with E-state index in [4.69, 9.17) is 9.52 Å². The number of nitrogens with one attached hydrogen (secondary N) is 2. The third-order valence-electron chi connectivity index (χ3n) is 3.11. The lowest BCUT2D eigenvalue weighted by molar-refractivity contribution is -0.118. The van der Waals surface area contributed by atoms with Crippen LogP contribution in [-0.2, 0) is 11.2 Å². The Morgan fingerprint density at radius 1 is 1.29 bits per heavy atom. The summed E-state index contributed by atoms with van der Waals surface area (Å²) in [6.07, 6.45) is 3.50. The van der Waals surface area contributed by atoms with E-state index in [0.29, 0.717) is 5.69 Å². The van der Waals surface area contributed by atoms with E-state index in [0.717, 1.165) is 24.3 Å². The van der Waals surface area contributed by atoms with Gasteiger partial charge in [0, 0.05) is 23.8 Å². The van der Waals surface area contributed by atoms with Crippen molar-refractivity contribution >= 4 is 17.3 Å². The largest absolute Gasteiger partial charge is 0.469 e. The van der Waals surface area contributed by atoms with Gasteiger partial charge in [-0.1, -0.05) is 6.07 Å². The first-order valence-corrected chi connectivity index (χ1v) is 6.97. The third-order valence-corrected chi connectivity index (χ3v) is 3.11. The number of anilines is 2. The van der Waals surface area contributed by atoms with Crippen LogP contribution in [0.5, 0.6) is 0 Å². The smallest absolute Gasteiger partial charge is 0.250 e. The van der Waals surface area contributed by atoms with Crippen LogP contribution in [0.25, 0.3) is 0 Å². The number of carbonyl (C=O) groups is 1. The zero-order valence-electron chi connectivity index (χ0n) is 12.0. The molecule has 2 rings (SSSR count). The van der Waals surface area contributed by atoms with Crippen molar-refractivity contribution in [3.05, 3.63) is 48.4 Å². The Morgan fingerprint density at radius 3 is 2.81 bits per heavy atom. The molecule has 0 fully saturated rings. The predicted octanol–water partition coefficient (Wildman–Crippen LogP) is 2.64. The first-order valence-electron chi connectivity index (χ1n) is 6.97. The molecule has 3 N–H and O–H groups in total. The topological polar surface area (TPSA) is 74.5 Å². The molecule has 112 valence electrons. The van der Waals surface area contributed by atoms with E-state index in [-0.39, 0.29) is 6.04 Å². The summed E-state index contributed by atoms with van der Waals surface area (Å²) in [5.74, 6) is 0.561. The minimum atomic E-state index is -0.517. The first-order chi connectivity index (χ1) is 10.2. The van der Waals surface area contributed by atoms with Gasteiger partial charge in [0.2, 0.25) is 5.91 Å². The number of amides is 1. The molecule has 5 heteroatoms. The highest BCUT2D eigenvalue weighted by atomic mass is 16.3. The fraction of sp³-hybridized carbons (Fsp3) is 0.312. The maximum Gasteiger partial charge on any atom is 0.250 e. The second kappa shape index (κ2) is 7.50. The van der Waals surface area contributed by atoms with Crippen LogP contribution < -0.4 is 10.6 Å². The Morgan fingerprint density at radius 2 is 2.10 bits per heavy atom. The highest BCUT2D eigenvalue weighted by Crippen LogP contribution is 2.17. The van der Waals surface area contributed by atoms with Crippen LogP contribution in [0.3, 0.4) is 0 Å². The number of carbonyl (C=O) groups excluding carboxylic acids is 1. The van der Waals surface area contributed by atoms with Gasteiger partial charge in [0.1, 0.15) is 12.4 Å². The molecule has 0 aliphatic rings. The van der Waals surface area contributed by atoms with Crippen molar-refractivity contribution < 1.29 is 14.3 Å². The number of aryl methyl sites for hydroxylation is 1. The van der Waals surface area contributed by atoms with Crippen molar-refractivity contribution in [2.75, 3.05) is 17.2 Å². The molecule has 1 aromatic carbocycles. The third kappa shape index (κ3) is 4.96. The van der Waals surface area contributed by atoms with Gasteiger partial charge in [0.25, 0.3) is 0 Å². The molecular weight excluding hydrogens is 268 g/mol. The molecule has 0 saturated heterocycles. The highest BCUT2D eigenvalue weighted by Gasteiger charge is 2.06. The molecule has 1 heterocycles. The summed E-state index contributed by atoms with van der Waals surface area (Å²) < 4.78 is 5.31. The van der Waals surface area contributed by atoms with Crippen molar-refractivity contribution in [3.8, 4) is 0 Å². The molecule has 0 spiro atoms. The van der Waals surface area contributed by atoms with E-state index in [9.17, 15) is 4.79 Å². The molecule has 0 aliphatic carbocycles. The van der Waals surface area contributed by atoms with Gasteiger partial charge in [-0.2, -0.15) is 0 Å². The average Bonchev–Trinajstić information content (AvgIpc) is 2.98. The molecule has 0 bridgehead atoms. The molecule has 1 aromatic heterocycles. The SMILES string of the molecule is CC(CCc1ccco1)Nc1cccc(NC(=O)CO)c1. The fourth-order valence-corrected chi connectivity index (χ4v) is 2.06. The van der Waals surface area contributed by atoms with Gasteiger partial charge >= 0.3 is 0 Å². The number of rotatable bonds is 7. The lowest BCUT2D eigenvalue weighted by atomic mass is 10.1. The van der Waals surface area contributed by atoms with Crippen LogP contribution in [0, 0.1) is 0 Å². The number of furan rings is 1. The van der Waals surface area contributed by atoms with Crippen molar-refractivity contribution in [3.63, 3.8) is 0 Å². The van der Waals surface area contributed by atoms with Crippen molar-refractivity contribution in [1.82, 2.24) is 0 Å². The number of hydrogen-bond acceptors (Lipinski definition) is 4. The Kier molecular flexibility index (Phi) is 5.40. The predicted molar refractivity (Wildman–Crippen MR) is 82.3 cm³/mol. The molecule has 1 atom stereocenters. The summed E-state index contributed by atoms with van der Waals surface area (Å²) in [4.78, 5) is 11.2. The van der Waals surface area contributed by atoms with Gasteiger partial charge in [0.15, 0.2) is 0 Å². The van der Waals surface area contributed by atoms with Gasteiger partial charge in [-0.25, -0.2) is 0 Å². The quantitative estimate of drug-likeness (QED) is 0.732. The van der Waals surface area contributed by atoms with Gasteiger partial charge in [0.05, 0.1) is 6.26 Å². The van der Waals surface area contributed by atoms with Gasteiger partial charge in [-0.3, -0.25) is 4.79 Å². The minimum absolute atomic E-state index is 0.277. The van der Waals surface area contributed by atoms with Crippen LogP contribution in [0.2, 0.25) is 0 Å². The van der Waals surface area contributed by atoms with Crippen molar-refractivity contribution in [2.24, 2.45) is 0 Å². The monoisotopic (exact) mass is 288 g/mol. The number of aliphatic hydroxyl groups is 1. The van der Waals surface area contributed by atoms with E-state index in [1.54, 1.807) is 12.3 Å². The standard InChI is InChI=1S/C16H20N2O3/c1-12(7-8-15-6-3-9-21-15)17-13-4-2-5-14(10-13)18-16(20)11-19/h2-6,9-10,12,17,19H,7-8,11H2,1H3,(H,18,20). The lowest BCUT2D eigenvalue weighted by Crippen LogP contribution is -2.17. The van der Waals surface area contributed by atoms with Crippen LogP contribution in [0.1, 0.15) is 19.1 Å². The maximum atomic E-state index is 11.2. The van der Waals surface area contributed by atoms with E-state index < -0.39 is 12.5 Å². The summed E-state index contributed by atoms with van der Waals surface area (Å²) in [6, 6.07) is 11.6. The molecule has 1 unspecified atom stereocenters. The van der Waals surface area contributed by atoms with Crippen molar-refractivity contribution in [2.45, 2.75) is 25.8 Å². The van der Waals surface area contributed by atoms with E-state index in [2.05, 4.69) is 17.6 Å². The Balaban J connectivity index is 1.86. The number of aliphatic hydroxyl groups excluding tert-OH is 1. The Bertz CT molecular complexity index is 567. The fourth-order valence-electron chi connectivity index (χ4n) is 2.06. The zero-order chi connectivity index (χ0) is 15.1. The number of hydrogen-bond donors (Lipinski definition) is 3. The minimum Gasteiger partial charge on any atom is -0.469 e. The van der Waals surface area contributed by atoms with Crippen LogP contribution in [0.4, 0.5) is 11.4 Å². The number of benzene rings is 1. The zero-order valence-corrected chi connectivity index (χ0v) is 12.0. The Labute approximate surface area is 124 Å². The molecule has 21 heavy (non-hydrogen) atoms. The normalized spacial score (nSPS) is 11.9. The highest BCUT2D eigenvalue weighted by molar-refractivity contribution is 5.91. The van der Waals surface area contributed by atoms with E-state index >= 15 is 0 Å². The summed E-state index contributed by atoms with van der Waals surface area (Å²) in [5.41, 5.74) is 1.59. The summed E-state index contributed by atoms with van der Waals surface area (Å²) in [6.45, 7) is 1.58. The maximum absolute atomic E-state index is 11.2. The molecule has 0 radical (unpaired) electrons. The lowest BCUT2D eigenvalue weighted by Gasteiger charge is -2.15. The first kappa shape index (κ1) is 15.1. The molecule has 5 nitrogen and oxygen atoms in total. The van der Waals surface area contributed by atoms with Crippen LogP contribution in [0.15, 0.2) is 47.1 Å². The van der Waals surface area contributed by atoms with Gasteiger partial charge in [-0.15, -0.1) is 0 Å². The second-order valence-electron chi connectivity index (χ2n) is 4.95. The summed E-state index contributed by atoms with van der Waals surface area (Å²) in [7, 11) is 0. The molecule has 1 amide bonds. The van der Waals surface area contributed by atoms with E-state index in [1.165, 1.54) is 0 Å². The van der Waals surface area contributed by atoms with Gasteiger partial charge in [-0.05, 0) is 43.7 Å². The van der Waals surface area contributed by atoms with Crippen molar-refractivity contribution in [1.29, 1.82) is 0 Å². The summed E-state index contributed by atoms with van der Waals surface area (Å²) >= 11 is 0. The van der Waals surface area contributed by atoms with E-state index in [1.807, 2.05) is 30.3 Å². The van der Waals surface area contributed by atoms with Gasteiger partial charge < -0.3 is 20.2 Å².